The summed E-state index contributed by atoms with van der Waals surface area (Å²) in [5.74, 6) is -0.461. The highest BCUT2D eigenvalue weighted by molar-refractivity contribution is 6.07. The second-order valence-electron chi connectivity index (χ2n) is 3.69. The molecule has 1 N–H and O–H groups in total. The molecular weight excluding hydrogens is 184 g/mol. The molecule has 0 aliphatic heterocycles. The van der Waals surface area contributed by atoms with Crippen molar-refractivity contribution in [2.75, 3.05) is 0 Å². The number of carbonyl (C=O) groups excluding carboxylic acids is 1. The number of Topliss-reactive ketones (excluding diaryl/α,β-unsaturated/α-hetero) is 1. The van der Waals surface area contributed by atoms with Crippen molar-refractivity contribution in [1.29, 1.82) is 0 Å². The van der Waals surface area contributed by atoms with Gasteiger partial charge in [-0.15, -0.1) is 0 Å². The molecule has 0 saturated carbocycles. The molecule has 1 atom stereocenters. The van der Waals surface area contributed by atoms with Crippen LogP contribution in [-0.4, -0.2) is 16.9 Å². The van der Waals surface area contributed by atoms with Crippen LogP contribution in [0.1, 0.15) is 39.8 Å². The Morgan fingerprint density at radius 3 is 2.93 bits per heavy atom. The van der Waals surface area contributed by atoms with E-state index in [9.17, 15) is 9.59 Å². The Labute approximate surface area is 80.5 Å². The molecule has 0 radical (unpaired) electrons. The van der Waals surface area contributed by atoms with Gasteiger partial charge in [0, 0.05) is 12.8 Å². The van der Waals surface area contributed by atoms with Crippen LogP contribution in [0, 0.1) is 5.92 Å². The van der Waals surface area contributed by atoms with Crippen LogP contribution in [0.25, 0.3) is 0 Å². The molecule has 0 spiro atoms. The van der Waals surface area contributed by atoms with Crippen molar-refractivity contribution in [3.8, 4) is 0 Å². The van der Waals surface area contributed by atoms with Gasteiger partial charge in [-0.3, -0.25) is 4.79 Å². The number of fused-ring (bicyclic) bond motifs is 1. The summed E-state index contributed by atoms with van der Waals surface area (Å²) in [5.41, 5.74) is 0.271. The number of hydrogen-bond donors (Lipinski definition) is 1. The van der Waals surface area contributed by atoms with Gasteiger partial charge in [-0.1, -0.05) is 6.92 Å². The molecule has 0 saturated heterocycles. The first-order valence-corrected chi connectivity index (χ1v) is 4.46. The summed E-state index contributed by atoms with van der Waals surface area (Å²) in [7, 11) is 0. The highest BCUT2D eigenvalue weighted by Gasteiger charge is 2.30. The van der Waals surface area contributed by atoms with Gasteiger partial charge in [0.2, 0.25) is 0 Å². The lowest BCUT2D eigenvalue weighted by Crippen LogP contribution is -2.18. The van der Waals surface area contributed by atoms with Crippen LogP contribution in [0.15, 0.2) is 10.7 Å². The molecule has 1 aliphatic rings. The van der Waals surface area contributed by atoms with Crippen LogP contribution in [-0.2, 0) is 6.42 Å². The standard InChI is InChI=1S/C10H10O4/c1-5-2-7(11)9-6(10(12)13)4-14-8(9)3-5/h4-5H,2-3H2,1H3,(H,12,13)/t5-/m0/s1. The number of carbonyl (C=O) groups is 2. The van der Waals surface area contributed by atoms with E-state index < -0.39 is 5.97 Å². The Hall–Kier alpha value is -1.58. The first-order valence-electron chi connectivity index (χ1n) is 4.46. The number of furan rings is 1. The third-order valence-electron chi connectivity index (χ3n) is 2.44. The monoisotopic (exact) mass is 194 g/mol. The zero-order valence-electron chi connectivity index (χ0n) is 7.74. The summed E-state index contributed by atoms with van der Waals surface area (Å²) in [4.78, 5) is 22.3. The normalized spacial score (nSPS) is 20.6. The van der Waals surface area contributed by atoms with Gasteiger partial charge in [-0.25, -0.2) is 4.79 Å². The van der Waals surface area contributed by atoms with Crippen molar-refractivity contribution in [2.45, 2.75) is 19.8 Å². The summed E-state index contributed by atoms with van der Waals surface area (Å²) in [6.07, 6.45) is 2.21. The molecule has 0 fully saturated rings. The lowest BCUT2D eigenvalue weighted by atomic mass is 9.87. The molecule has 0 unspecified atom stereocenters. The molecule has 74 valence electrons. The van der Waals surface area contributed by atoms with E-state index in [0.717, 1.165) is 6.26 Å². The van der Waals surface area contributed by atoms with Crippen molar-refractivity contribution in [1.82, 2.24) is 0 Å². The van der Waals surface area contributed by atoms with Crippen LogP contribution in [0.2, 0.25) is 0 Å². The molecule has 14 heavy (non-hydrogen) atoms. The number of carboxylic acids is 1. The summed E-state index contributed by atoms with van der Waals surface area (Å²) in [6, 6.07) is 0. The maximum Gasteiger partial charge on any atom is 0.339 e. The predicted molar refractivity (Wildman–Crippen MR) is 47.5 cm³/mol. The highest BCUT2D eigenvalue weighted by Crippen LogP contribution is 2.29. The fraction of sp³-hybridized carbons (Fsp3) is 0.400. The zero-order valence-corrected chi connectivity index (χ0v) is 7.74. The molecule has 0 bridgehead atoms. The lowest BCUT2D eigenvalue weighted by Gasteiger charge is -2.15. The Bertz CT molecular complexity index is 402. The highest BCUT2D eigenvalue weighted by atomic mass is 16.4. The summed E-state index contributed by atoms with van der Waals surface area (Å²) < 4.78 is 5.09. The minimum atomic E-state index is -1.10. The fourth-order valence-electron chi connectivity index (χ4n) is 1.82. The third kappa shape index (κ3) is 1.23. The predicted octanol–water partition coefficient (Wildman–Crippen LogP) is 1.74. The van der Waals surface area contributed by atoms with Crippen molar-refractivity contribution in [3.63, 3.8) is 0 Å². The average Bonchev–Trinajstić information content (AvgIpc) is 2.47. The summed E-state index contributed by atoms with van der Waals surface area (Å²) in [6.45, 7) is 1.95. The molecule has 1 aromatic heterocycles. The first-order chi connectivity index (χ1) is 6.59. The van der Waals surface area contributed by atoms with E-state index in [4.69, 9.17) is 9.52 Å². The van der Waals surface area contributed by atoms with Crippen molar-refractivity contribution in [2.24, 2.45) is 5.92 Å². The van der Waals surface area contributed by atoms with Gasteiger partial charge in [0.1, 0.15) is 17.6 Å². The maximum absolute atomic E-state index is 11.6. The summed E-state index contributed by atoms with van der Waals surface area (Å²) >= 11 is 0. The number of rotatable bonds is 1. The van der Waals surface area contributed by atoms with E-state index in [0.29, 0.717) is 18.6 Å². The average molecular weight is 194 g/mol. The molecule has 2 rings (SSSR count). The van der Waals surface area contributed by atoms with E-state index in [1.54, 1.807) is 0 Å². The maximum atomic E-state index is 11.6. The van der Waals surface area contributed by atoms with Gasteiger partial charge in [0.25, 0.3) is 0 Å². The minimum absolute atomic E-state index is 0.00287. The quantitative estimate of drug-likeness (QED) is 0.739. The van der Waals surface area contributed by atoms with Crippen molar-refractivity contribution >= 4 is 11.8 Å². The largest absolute Gasteiger partial charge is 0.478 e. The van der Waals surface area contributed by atoms with Crippen LogP contribution in [0.4, 0.5) is 0 Å². The molecule has 0 aromatic carbocycles. The first kappa shape index (κ1) is 8.99. The van der Waals surface area contributed by atoms with Crippen LogP contribution in [0.5, 0.6) is 0 Å². The molecule has 0 amide bonds. The summed E-state index contributed by atoms with van der Waals surface area (Å²) in [5, 5.41) is 8.80. The number of ketones is 1. The Morgan fingerprint density at radius 2 is 2.29 bits per heavy atom. The Balaban J connectivity index is 2.52. The van der Waals surface area contributed by atoms with Crippen LogP contribution >= 0.6 is 0 Å². The van der Waals surface area contributed by atoms with Gasteiger partial charge < -0.3 is 9.52 Å². The lowest BCUT2D eigenvalue weighted by molar-refractivity contribution is 0.0690. The van der Waals surface area contributed by atoms with E-state index >= 15 is 0 Å². The second-order valence-corrected chi connectivity index (χ2v) is 3.69. The molecule has 4 nitrogen and oxygen atoms in total. The van der Waals surface area contributed by atoms with E-state index in [1.807, 2.05) is 6.92 Å². The Kier molecular flexibility index (Phi) is 1.91. The van der Waals surface area contributed by atoms with Crippen molar-refractivity contribution < 1.29 is 19.1 Å². The molecule has 1 aliphatic carbocycles. The fourth-order valence-corrected chi connectivity index (χ4v) is 1.82. The van der Waals surface area contributed by atoms with Gasteiger partial charge in [-0.2, -0.15) is 0 Å². The topological polar surface area (TPSA) is 67.5 Å². The number of hydrogen-bond acceptors (Lipinski definition) is 3. The van der Waals surface area contributed by atoms with Crippen molar-refractivity contribution in [3.05, 3.63) is 23.2 Å². The number of aromatic carboxylic acids is 1. The second kappa shape index (κ2) is 2.97. The molecule has 1 heterocycles. The van der Waals surface area contributed by atoms with Gasteiger partial charge in [-0.05, 0) is 5.92 Å². The Morgan fingerprint density at radius 1 is 1.57 bits per heavy atom. The molecule has 1 aromatic rings. The van der Waals surface area contributed by atoms with Crippen LogP contribution < -0.4 is 0 Å². The van der Waals surface area contributed by atoms with E-state index in [1.165, 1.54) is 0 Å². The van der Waals surface area contributed by atoms with Gasteiger partial charge in [0.15, 0.2) is 5.78 Å². The molecule has 4 heteroatoms. The third-order valence-corrected chi connectivity index (χ3v) is 2.44. The van der Waals surface area contributed by atoms with Gasteiger partial charge >= 0.3 is 5.97 Å². The van der Waals surface area contributed by atoms with E-state index in [2.05, 4.69) is 0 Å². The zero-order chi connectivity index (χ0) is 10.3. The number of carboxylic acid groups (broad SMARTS) is 1. The van der Waals surface area contributed by atoms with Gasteiger partial charge in [0.05, 0.1) is 5.56 Å². The smallest absolute Gasteiger partial charge is 0.339 e. The minimum Gasteiger partial charge on any atom is -0.478 e. The SMILES string of the molecule is C[C@H]1CC(=O)c2c(C(=O)O)coc2C1. The molecular formula is C10H10O4. The van der Waals surface area contributed by atoms with E-state index in [-0.39, 0.29) is 22.8 Å². The van der Waals surface area contributed by atoms with Crippen LogP contribution in [0.3, 0.4) is 0 Å².